The normalized spacial score (nSPS) is 33.4. The first kappa shape index (κ1) is 12.4. The van der Waals surface area contributed by atoms with Crippen molar-refractivity contribution in [1.82, 2.24) is 10.6 Å². The van der Waals surface area contributed by atoms with Crippen molar-refractivity contribution in [3.63, 3.8) is 0 Å². The summed E-state index contributed by atoms with van der Waals surface area (Å²) in [6.07, 6.45) is 8.49. The van der Waals surface area contributed by atoms with Gasteiger partial charge in [-0.25, -0.2) is 0 Å². The SMILES string of the molecule is CCC1(CNCC2(C)CCNC2)CCCC1. The molecule has 0 aromatic rings. The summed E-state index contributed by atoms with van der Waals surface area (Å²) in [5, 5.41) is 7.24. The van der Waals surface area contributed by atoms with Crippen molar-refractivity contribution in [3.8, 4) is 0 Å². The molecule has 0 radical (unpaired) electrons. The molecule has 0 spiro atoms. The third-order valence-corrected chi connectivity index (χ3v) is 4.92. The van der Waals surface area contributed by atoms with Crippen LogP contribution in [0.15, 0.2) is 0 Å². The van der Waals surface area contributed by atoms with Gasteiger partial charge in [-0.1, -0.05) is 26.7 Å². The average molecular weight is 224 g/mol. The van der Waals surface area contributed by atoms with E-state index in [1.807, 2.05) is 0 Å². The number of nitrogens with one attached hydrogen (secondary N) is 2. The maximum absolute atomic E-state index is 3.76. The van der Waals surface area contributed by atoms with Crippen LogP contribution < -0.4 is 10.6 Å². The molecule has 0 aromatic heterocycles. The fraction of sp³-hybridized carbons (Fsp3) is 1.00. The molecule has 0 bridgehead atoms. The van der Waals surface area contributed by atoms with E-state index in [2.05, 4.69) is 24.5 Å². The van der Waals surface area contributed by atoms with E-state index >= 15 is 0 Å². The Bertz CT molecular complexity index is 213. The van der Waals surface area contributed by atoms with Crippen LogP contribution in [-0.4, -0.2) is 26.2 Å². The maximum atomic E-state index is 3.76. The topological polar surface area (TPSA) is 24.1 Å². The molecule has 1 saturated heterocycles. The average Bonchev–Trinajstić information content (AvgIpc) is 2.89. The zero-order chi connectivity index (χ0) is 11.5. The molecule has 2 fully saturated rings. The summed E-state index contributed by atoms with van der Waals surface area (Å²) in [7, 11) is 0. The first-order valence-electron chi connectivity index (χ1n) is 7.10. The van der Waals surface area contributed by atoms with Crippen LogP contribution in [0.1, 0.15) is 52.4 Å². The van der Waals surface area contributed by atoms with Gasteiger partial charge < -0.3 is 10.6 Å². The van der Waals surface area contributed by atoms with Crippen LogP contribution in [0.3, 0.4) is 0 Å². The lowest BCUT2D eigenvalue weighted by Crippen LogP contribution is -2.39. The summed E-state index contributed by atoms with van der Waals surface area (Å²) in [5.74, 6) is 0. The van der Waals surface area contributed by atoms with Crippen molar-refractivity contribution in [2.75, 3.05) is 26.2 Å². The number of hydrogen-bond donors (Lipinski definition) is 2. The van der Waals surface area contributed by atoms with E-state index < -0.39 is 0 Å². The fourth-order valence-electron chi connectivity index (χ4n) is 3.43. The first-order chi connectivity index (χ1) is 7.68. The van der Waals surface area contributed by atoms with Crippen molar-refractivity contribution < 1.29 is 0 Å². The zero-order valence-corrected chi connectivity index (χ0v) is 11.1. The molecular formula is C14H28N2. The molecule has 1 heterocycles. The highest BCUT2D eigenvalue weighted by Gasteiger charge is 2.33. The molecule has 2 N–H and O–H groups in total. The van der Waals surface area contributed by atoms with Crippen molar-refractivity contribution in [2.45, 2.75) is 52.4 Å². The molecule has 1 aliphatic heterocycles. The minimum atomic E-state index is 0.507. The number of rotatable bonds is 5. The smallest absolute Gasteiger partial charge is 0.00180 e. The van der Waals surface area contributed by atoms with Crippen LogP contribution in [0.5, 0.6) is 0 Å². The van der Waals surface area contributed by atoms with Crippen LogP contribution in [0.4, 0.5) is 0 Å². The lowest BCUT2D eigenvalue weighted by molar-refractivity contribution is 0.243. The van der Waals surface area contributed by atoms with Crippen LogP contribution in [0.2, 0.25) is 0 Å². The fourth-order valence-corrected chi connectivity index (χ4v) is 3.43. The van der Waals surface area contributed by atoms with Gasteiger partial charge in [0.25, 0.3) is 0 Å². The van der Waals surface area contributed by atoms with E-state index in [1.165, 1.54) is 64.7 Å². The standard InChI is InChI=1S/C14H28N2/c1-3-14(6-4-5-7-14)12-16-11-13(2)8-9-15-10-13/h15-16H,3-12H2,1-2H3. The van der Waals surface area contributed by atoms with Crippen molar-refractivity contribution in [1.29, 1.82) is 0 Å². The molecular weight excluding hydrogens is 196 g/mol. The highest BCUT2D eigenvalue weighted by Crippen LogP contribution is 2.40. The molecule has 1 unspecified atom stereocenters. The second-order valence-electron chi connectivity index (χ2n) is 6.40. The molecule has 0 aromatic carbocycles. The third kappa shape index (κ3) is 2.78. The highest BCUT2D eigenvalue weighted by atomic mass is 15.0. The Morgan fingerprint density at radius 2 is 1.88 bits per heavy atom. The molecule has 1 aliphatic carbocycles. The minimum Gasteiger partial charge on any atom is -0.316 e. The summed E-state index contributed by atoms with van der Waals surface area (Å²) in [4.78, 5) is 0. The van der Waals surface area contributed by atoms with E-state index in [-0.39, 0.29) is 0 Å². The molecule has 1 saturated carbocycles. The summed E-state index contributed by atoms with van der Waals surface area (Å²) in [6.45, 7) is 9.62. The Balaban J connectivity index is 1.74. The number of hydrogen-bond acceptors (Lipinski definition) is 2. The Labute approximate surface area is 101 Å². The van der Waals surface area contributed by atoms with Gasteiger partial charge in [0.15, 0.2) is 0 Å². The van der Waals surface area contributed by atoms with Crippen LogP contribution in [0, 0.1) is 10.8 Å². The van der Waals surface area contributed by atoms with Gasteiger partial charge in [0.1, 0.15) is 0 Å². The molecule has 16 heavy (non-hydrogen) atoms. The second-order valence-corrected chi connectivity index (χ2v) is 6.40. The minimum absolute atomic E-state index is 0.507. The van der Waals surface area contributed by atoms with Gasteiger partial charge in [-0.2, -0.15) is 0 Å². The van der Waals surface area contributed by atoms with E-state index in [1.54, 1.807) is 0 Å². The summed E-state index contributed by atoms with van der Waals surface area (Å²) in [6, 6.07) is 0. The molecule has 2 rings (SSSR count). The predicted octanol–water partition coefficient (Wildman–Crippen LogP) is 2.55. The zero-order valence-electron chi connectivity index (χ0n) is 11.1. The molecule has 1 atom stereocenters. The van der Waals surface area contributed by atoms with Gasteiger partial charge in [0.05, 0.1) is 0 Å². The maximum Gasteiger partial charge on any atom is 0.00180 e. The third-order valence-electron chi connectivity index (χ3n) is 4.92. The van der Waals surface area contributed by atoms with Gasteiger partial charge in [0.2, 0.25) is 0 Å². The van der Waals surface area contributed by atoms with Gasteiger partial charge in [-0.15, -0.1) is 0 Å². The van der Waals surface area contributed by atoms with Gasteiger partial charge in [0, 0.05) is 19.6 Å². The molecule has 2 nitrogen and oxygen atoms in total. The summed E-state index contributed by atoms with van der Waals surface area (Å²) < 4.78 is 0. The summed E-state index contributed by atoms with van der Waals surface area (Å²) >= 11 is 0. The van der Waals surface area contributed by atoms with Crippen molar-refractivity contribution >= 4 is 0 Å². The van der Waals surface area contributed by atoms with Gasteiger partial charge in [-0.05, 0) is 43.1 Å². The van der Waals surface area contributed by atoms with Crippen LogP contribution in [-0.2, 0) is 0 Å². The molecule has 2 heteroatoms. The van der Waals surface area contributed by atoms with E-state index in [4.69, 9.17) is 0 Å². The molecule has 94 valence electrons. The second kappa shape index (κ2) is 5.05. The van der Waals surface area contributed by atoms with E-state index in [0.717, 1.165) is 0 Å². The lowest BCUT2D eigenvalue weighted by Gasteiger charge is -2.31. The van der Waals surface area contributed by atoms with Crippen LogP contribution >= 0.6 is 0 Å². The van der Waals surface area contributed by atoms with Gasteiger partial charge in [-0.3, -0.25) is 0 Å². The monoisotopic (exact) mass is 224 g/mol. The van der Waals surface area contributed by atoms with Crippen molar-refractivity contribution in [2.24, 2.45) is 10.8 Å². The van der Waals surface area contributed by atoms with Gasteiger partial charge >= 0.3 is 0 Å². The Morgan fingerprint density at radius 3 is 2.44 bits per heavy atom. The van der Waals surface area contributed by atoms with E-state index in [0.29, 0.717) is 10.8 Å². The first-order valence-corrected chi connectivity index (χ1v) is 7.10. The predicted molar refractivity (Wildman–Crippen MR) is 69.7 cm³/mol. The summed E-state index contributed by atoms with van der Waals surface area (Å²) in [5.41, 5.74) is 1.15. The van der Waals surface area contributed by atoms with Crippen molar-refractivity contribution in [3.05, 3.63) is 0 Å². The Kier molecular flexibility index (Phi) is 3.91. The molecule has 0 amide bonds. The highest BCUT2D eigenvalue weighted by molar-refractivity contribution is 4.89. The van der Waals surface area contributed by atoms with E-state index in [9.17, 15) is 0 Å². The lowest BCUT2D eigenvalue weighted by atomic mass is 9.82. The largest absolute Gasteiger partial charge is 0.316 e. The molecule has 2 aliphatic rings. The van der Waals surface area contributed by atoms with Crippen LogP contribution in [0.25, 0.3) is 0 Å². The quantitative estimate of drug-likeness (QED) is 0.750. The Morgan fingerprint density at radius 1 is 1.12 bits per heavy atom. The Hall–Kier alpha value is -0.0800.